The molecule has 138 valence electrons. The van der Waals surface area contributed by atoms with Crippen LogP contribution in [0.2, 0.25) is 0 Å². The molecule has 0 aliphatic rings. The van der Waals surface area contributed by atoms with Gasteiger partial charge in [0, 0.05) is 19.2 Å². The highest BCUT2D eigenvalue weighted by Gasteiger charge is 2.19. The monoisotopic (exact) mass is 358 g/mol. The summed E-state index contributed by atoms with van der Waals surface area (Å²) in [5, 5.41) is 8.79. The number of aryl methyl sites for hydroxylation is 1. The number of para-hydroxylation sites is 1. The van der Waals surface area contributed by atoms with Gasteiger partial charge in [-0.2, -0.15) is 5.10 Å². The highest BCUT2D eigenvalue weighted by Crippen LogP contribution is 2.09. The molecule has 8 nitrogen and oxygen atoms in total. The minimum absolute atomic E-state index is 0.110. The van der Waals surface area contributed by atoms with E-state index in [1.54, 1.807) is 17.8 Å². The van der Waals surface area contributed by atoms with Crippen molar-refractivity contribution in [2.45, 2.75) is 32.8 Å². The number of urea groups is 1. The van der Waals surface area contributed by atoms with Crippen LogP contribution in [0.3, 0.4) is 0 Å². The van der Waals surface area contributed by atoms with E-state index in [2.05, 4.69) is 15.7 Å². The number of hydrogen-bond acceptors (Lipinski definition) is 5. The molecule has 0 fully saturated rings. The van der Waals surface area contributed by atoms with Gasteiger partial charge >= 0.3 is 12.0 Å². The van der Waals surface area contributed by atoms with Gasteiger partial charge in [-0.3, -0.25) is 14.9 Å². The van der Waals surface area contributed by atoms with Crippen LogP contribution in [0, 0.1) is 0 Å². The molecule has 1 unspecified atom stereocenters. The number of nitrogens with one attached hydrogen (secondary N) is 2. The number of amides is 3. The van der Waals surface area contributed by atoms with E-state index in [-0.39, 0.29) is 6.42 Å². The number of carbonyl (C=O) groups excluding carboxylic acids is 3. The first-order valence-electron chi connectivity index (χ1n) is 8.36. The maximum Gasteiger partial charge on any atom is 0.321 e. The van der Waals surface area contributed by atoms with Gasteiger partial charge in [0.05, 0.1) is 11.9 Å². The lowest BCUT2D eigenvalue weighted by atomic mass is 10.2. The number of rotatable bonds is 7. The van der Waals surface area contributed by atoms with Crippen LogP contribution in [0.5, 0.6) is 0 Å². The highest BCUT2D eigenvalue weighted by atomic mass is 16.5. The number of benzene rings is 1. The van der Waals surface area contributed by atoms with Crippen LogP contribution < -0.4 is 10.6 Å². The van der Waals surface area contributed by atoms with Gasteiger partial charge in [-0.15, -0.1) is 0 Å². The molecule has 0 spiro atoms. The number of nitrogens with zero attached hydrogens (tertiary/aromatic N) is 2. The van der Waals surface area contributed by atoms with E-state index < -0.39 is 24.0 Å². The number of hydrogen-bond donors (Lipinski definition) is 2. The molecule has 0 aliphatic carbocycles. The fourth-order valence-corrected chi connectivity index (χ4v) is 2.19. The van der Waals surface area contributed by atoms with E-state index in [9.17, 15) is 14.4 Å². The van der Waals surface area contributed by atoms with Crippen molar-refractivity contribution in [3.8, 4) is 5.69 Å². The van der Waals surface area contributed by atoms with E-state index >= 15 is 0 Å². The Kier molecular flexibility index (Phi) is 6.90. The average Bonchev–Trinajstić information content (AvgIpc) is 3.10. The predicted molar refractivity (Wildman–Crippen MR) is 94.7 cm³/mol. The van der Waals surface area contributed by atoms with Gasteiger partial charge in [-0.05, 0) is 38.0 Å². The Bertz CT molecular complexity index is 758. The fraction of sp³-hybridized carbons (Fsp3) is 0.333. The van der Waals surface area contributed by atoms with Crippen LogP contribution in [-0.4, -0.2) is 40.3 Å². The van der Waals surface area contributed by atoms with E-state index in [0.717, 1.165) is 11.3 Å². The average molecular weight is 358 g/mol. The lowest BCUT2D eigenvalue weighted by molar-refractivity contribution is -0.154. The molecule has 26 heavy (non-hydrogen) atoms. The van der Waals surface area contributed by atoms with Crippen LogP contribution >= 0.6 is 0 Å². The second-order valence-electron chi connectivity index (χ2n) is 5.61. The summed E-state index contributed by atoms with van der Waals surface area (Å²) in [7, 11) is 0. The van der Waals surface area contributed by atoms with E-state index in [1.165, 1.54) is 6.92 Å². The smallest absolute Gasteiger partial charge is 0.321 e. The van der Waals surface area contributed by atoms with Crippen molar-refractivity contribution in [2.24, 2.45) is 0 Å². The van der Waals surface area contributed by atoms with Gasteiger partial charge in [0.2, 0.25) is 0 Å². The van der Waals surface area contributed by atoms with Crippen molar-refractivity contribution < 1.29 is 19.1 Å². The van der Waals surface area contributed by atoms with Crippen molar-refractivity contribution in [3.05, 3.63) is 48.3 Å². The van der Waals surface area contributed by atoms with Gasteiger partial charge in [0.1, 0.15) is 0 Å². The zero-order valence-corrected chi connectivity index (χ0v) is 14.8. The molecule has 0 saturated heterocycles. The molecule has 1 aromatic heterocycles. The van der Waals surface area contributed by atoms with Gasteiger partial charge in [0.25, 0.3) is 5.91 Å². The Labute approximate surface area is 151 Å². The summed E-state index contributed by atoms with van der Waals surface area (Å²) >= 11 is 0. The molecule has 0 aliphatic heterocycles. The van der Waals surface area contributed by atoms with Crippen LogP contribution in [0.1, 0.15) is 25.8 Å². The number of imide groups is 1. The first-order valence-corrected chi connectivity index (χ1v) is 8.36. The van der Waals surface area contributed by atoms with Gasteiger partial charge in [0.15, 0.2) is 6.10 Å². The number of ether oxygens (including phenoxy) is 1. The Morgan fingerprint density at radius 3 is 2.65 bits per heavy atom. The van der Waals surface area contributed by atoms with Crippen molar-refractivity contribution >= 4 is 17.9 Å². The summed E-state index contributed by atoms with van der Waals surface area (Å²) in [5.41, 5.74) is 1.81. The van der Waals surface area contributed by atoms with E-state index in [1.807, 2.05) is 36.5 Å². The Hall–Kier alpha value is -3.16. The maximum absolute atomic E-state index is 11.9. The molecule has 1 heterocycles. The first-order chi connectivity index (χ1) is 12.5. The molecule has 2 aromatic rings. The van der Waals surface area contributed by atoms with Gasteiger partial charge < -0.3 is 10.1 Å². The van der Waals surface area contributed by atoms with Gasteiger partial charge in [-0.1, -0.05) is 18.2 Å². The van der Waals surface area contributed by atoms with Crippen LogP contribution in [0.15, 0.2) is 42.7 Å². The van der Waals surface area contributed by atoms with Crippen molar-refractivity contribution in [1.29, 1.82) is 0 Å². The zero-order valence-electron chi connectivity index (χ0n) is 14.8. The molecule has 0 bridgehead atoms. The number of aromatic nitrogens is 2. The maximum atomic E-state index is 11.9. The van der Waals surface area contributed by atoms with Crippen molar-refractivity contribution in [3.63, 3.8) is 0 Å². The lowest BCUT2D eigenvalue weighted by Gasteiger charge is -2.12. The second-order valence-corrected chi connectivity index (χ2v) is 5.61. The molecule has 3 amide bonds. The third-order valence-electron chi connectivity index (χ3n) is 3.53. The minimum Gasteiger partial charge on any atom is -0.453 e. The van der Waals surface area contributed by atoms with Crippen molar-refractivity contribution in [1.82, 2.24) is 20.4 Å². The molecular weight excluding hydrogens is 336 g/mol. The number of carbonyl (C=O) groups is 3. The second kappa shape index (κ2) is 9.36. The molecular formula is C18H22N4O4. The largest absolute Gasteiger partial charge is 0.453 e. The number of esters is 1. The SMILES string of the molecule is CCNC(=O)NC(=O)C(C)OC(=O)CCc1cnn(-c2ccccc2)c1. The van der Waals surface area contributed by atoms with Crippen molar-refractivity contribution in [2.75, 3.05) is 6.54 Å². The Morgan fingerprint density at radius 2 is 1.96 bits per heavy atom. The first kappa shape index (κ1) is 19.2. The fourth-order valence-electron chi connectivity index (χ4n) is 2.19. The summed E-state index contributed by atoms with van der Waals surface area (Å²) in [6.45, 7) is 3.54. The summed E-state index contributed by atoms with van der Waals surface area (Å²) < 4.78 is 6.77. The van der Waals surface area contributed by atoms with Crippen LogP contribution in [0.25, 0.3) is 5.69 Å². The van der Waals surface area contributed by atoms with E-state index in [4.69, 9.17) is 4.74 Å². The topological polar surface area (TPSA) is 102 Å². The summed E-state index contributed by atoms with van der Waals surface area (Å²) in [4.78, 5) is 34.9. The highest BCUT2D eigenvalue weighted by molar-refractivity contribution is 5.97. The summed E-state index contributed by atoms with van der Waals surface area (Å²) in [5.74, 6) is -1.18. The molecule has 8 heteroatoms. The lowest BCUT2D eigenvalue weighted by Crippen LogP contribution is -2.44. The molecule has 1 atom stereocenters. The molecule has 2 rings (SSSR count). The predicted octanol–water partition coefficient (Wildman–Crippen LogP) is 1.58. The normalized spacial score (nSPS) is 11.5. The van der Waals surface area contributed by atoms with E-state index in [0.29, 0.717) is 13.0 Å². The Morgan fingerprint density at radius 1 is 1.23 bits per heavy atom. The van der Waals surface area contributed by atoms with Gasteiger partial charge in [-0.25, -0.2) is 9.48 Å². The van der Waals surface area contributed by atoms with Crippen LogP contribution in [0.4, 0.5) is 4.79 Å². The molecule has 2 N–H and O–H groups in total. The summed E-state index contributed by atoms with van der Waals surface area (Å²) in [6, 6.07) is 9.00. The molecule has 1 aromatic carbocycles. The Balaban J connectivity index is 1.79. The van der Waals surface area contributed by atoms with Crippen LogP contribution in [-0.2, 0) is 20.7 Å². The zero-order chi connectivity index (χ0) is 18.9. The minimum atomic E-state index is -1.04. The third kappa shape index (κ3) is 5.73. The molecule has 0 radical (unpaired) electrons. The standard InChI is InChI=1S/C18H22N4O4/c1-3-19-18(25)21-17(24)13(2)26-16(23)10-9-14-11-20-22(12-14)15-7-5-4-6-8-15/h4-8,11-13H,3,9-10H2,1-2H3,(H2,19,21,24,25). The third-order valence-corrected chi connectivity index (χ3v) is 3.53. The molecule has 0 saturated carbocycles. The summed E-state index contributed by atoms with van der Waals surface area (Å²) in [6.07, 6.45) is 3.03. The quantitative estimate of drug-likeness (QED) is 0.732.